The van der Waals surface area contributed by atoms with E-state index in [4.69, 9.17) is 0 Å². The summed E-state index contributed by atoms with van der Waals surface area (Å²) >= 11 is 1.61. The van der Waals surface area contributed by atoms with Gasteiger partial charge >= 0.3 is 0 Å². The van der Waals surface area contributed by atoms with Crippen LogP contribution >= 0.6 is 24.2 Å². The molecule has 1 heterocycles. The molecule has 1 aromatic carbocycles. The van der Waals surface area contributed by atoms with Crippen molar-refractivity contribution in [2.24, 2.45) is 11.8 Å². The summed E-state index contributed by atoms with van der Waals surface area (Å²) in [5, 5.41) is 3.18. The van der Waals surface area contributed by atoms with Gasteiger partial charge in [0.2, 0.25) is 5.91 Å². The first kappa shape index (κ1) is 19.3. The normalized spacial score (nSPS) is 18.9. The third kappa shape index (κ3) is 5.45. The highest BCUT2D eigenvalue weighted by atomic mass is 35.5. The minimum atomic E-state index is -0.226. The van der Waals surface area contributed by atoms with Gasteiger partial charge in [-0.2, -0.15) is 0 Å². The van der Waals surface area contributed by atoms with Gasteiger partial charge in [0, 0.05) is 29.7 Å². The third-order valence-electron chi connectivity index (χ3n) is 3.83. The van der Waals surface area contributed by atoms with Gasteiger partial charge in [0.15, 0.2) is 0 Å². The van der Waals surface area contributed by atoms with Crippen molar-refractivity contribution < 1.29 is 9.18 Å². The molecule has 0 aromatic heterocycles. The number of halogens is 2. The summed E-state index contributed by atoms with van der Waals surface area (Å²) in [7, 11) is 1.95. The van der Waals surface area contributed by atoms with E-state index in [0.717, 1.165) is 36.7 Å². The quantitative estimate of drug-likeness (QED) is 0.803. The second-order valence-electron chi connectivity index (χ2n) is 5.66. The SMILES string of the molecule is CNCC1CCN(C(=O)C(C)CSc2ccc(F)cc2)C1.Cl. The Morgan fingerprint density at radius 3 is 2.77 bits per heavy atom. The second kappa shape index (κ2) is 9.38. The lowest BCUT2D eigenvalue weighted by molar-refractivity contribution is -0.133. The predicted molar refractivity (Wildman–Crippen MR) is 92.1 cm³/mol. The average Bonchev–Trinajstić information content (AvgIpc) is 2.94. The molecule has 0 bridgehead atoms. The molecule has 3 nitrogen and oxygen atoms in total. The van der Waals surface area contributed by atoms with Crippen LogP contribution in [0.4, 0.5) is 4.39 Å². The van der Waals surface area contributed by atoms with E-state index in [0.29, 0.717) is 5.92 Å². The van der Waals surface area contributed by atoms with Crippen LogP contribution in [0.25, 0.3) is 0 Å². The van der Waals surface area contributed by atoms with Crippen LogP contribution in [0.15, 0.2) is 29.2 Å². The minimum Gasteiger partial charge on any atom is -0.342 e. The van der Waals surface area contributed by atoms with Crippen molar-refractivity contribution in [1.82, 2.24) is 10.2 Å². The fourth-order valence-corrected chi connectivity index (χ4v) is 3.54. The van der Waals surface area contributed by atoms with Crippen LogP contribution in [0.2, 0.25) is 0 Å². The first-order valence-electron chi connectivity index (χ1n) is 7.42. The molecule has 6 heteroatoms. The number of benzene rings is 1. The van der Waals surface area contributed by atoms with Crippen LogP contribution in [-0.2, 0) is 4.79 Å². The molecule has 1 aliphatic heterocycles. The molecule has 22 heavy (non-hydrogen) atoms. The largest absolute Gasteiger partial charge is 0.342 e. The van der Waals surface area contributed by atoms with E-state index < -0.39 is 0 Å². The van der Waals surface area contributed by atoms with Crippen molar-refractivity contribution in [2.75, 3.05) is 32.4 Å². The highest BCUT2D eigenvalue weighted by Crippen LogP contribution is 2.24. The lowest BCUT2D eigenvalue weighted by atomic mass is 10.1. The molecular weight excluding hydrogens is 323 g/mol. The molecule has 0 spiro atoms. The maximum atomic E-state index is 12.8. The van der Waals surface area contributed by atoms with Crippen molar-refractivity contribution in [3.8, 4) is 0 Å². The zero-order chi connectivity index (χ0) is 15.2. The highest BCUT2D eigenvalue weighted by molar-refractivity contribution is 7.99. The fourth-order valence-electron chi connectivity index (χ4n) is 2.62. The van der Waals surface area contributed by atoms with Crippen molar-refractivity contribution >= 4 is 30.1 Å². The van der Waals surface area contributed by atoms with Crippen molar-refractivity contribution in [2.45, 2.75) is 18.2 Å². The average molecular weight is 347 g/mol. The zero-order valence-electron chi connectivity index (χ0n) is 13.0. The number of nitrogens with zero attached hydrogens (tertiary/aromatic N) is 1. The Kier molecular flexibility index (Phi) is 8.21. The third-order valence-corrected chi connectivity index (χ3v) is 5.10. The van der Waals surface area contributed by atoms with E-state index in [-0.39, 0.29) is 30.0 Å². The summed E-state index contributed by atoms with van der Waals surface area (Å²) in [6.07, 6.45) is 1.09. The van der Waals surface area contributed by atoms with Crippen molar-refractivity contribution in [3.05, 3.63) is 30.1 Å². The second-order valence-corrected chi connectivity index (χ2v) is 6.76. The van der Waals surface area contributed by atoms with Gasteiger partial charge in [-0.1, -0.05) is 6.92 Å². The molecule has 0 radical (unpaired) electrons. The van der Waals surface area contributed by atoms with Gasteiger partial charge in [-0.3, -0.25) is 4.79 Å². The molecule has 124 valence electrons. The van der Waals surface area contributed by atoms with Crippen LogP contribution in [-0.4, -0.2) is 43.2 Å². The summed E-state index contributed by atoms with van der Waals surface area (Å²) in [5.41, 5.74) is 0. The molecule has 1 fully saturated rings. The number of hydrogen-bond acceptors (Lipinski definition) is 3. The van der Waals surface area contributed by atoms with Crippen LogP contribution in [0.3, 0.4) is 0 Å². The number of hydrogen-bond donors (Lipinski definition) is 1. The molecule has 1 aliphatic rings. The summed E-state index contributed by atoms with van der Waals surface area (Å²) in [6.45, 7) is 4.69. The number of carbonyl (C=O) groups is 1. The van der Waals surface area contributed by atoms with Gasteiger partial charge < -0.3 is 10.2 Å². The number of carbonyl (C=O) groups excluding carboxylic acids is 1. The maximum Gasteiger partial charge on any atom is 0.226 e. The standard InChI is InChI=1S/C16H23FN2OS.ClH/c1-12(11-21-15-5-3-14(17)4-6-15)16(20)19-8-7-13(10-19)9-18-2;/h3-6,12-13,18H,7-11H2,1-2H3;1H. The van der Waals surface area contributed by atoms with E-state index in [1.165, 1.54) is 12.1 Å². The van der Waals surface area contributed by atoms with E-state index in [9.17, 15) is 9.18 Å². The summed E-state index contributed by atoms with van der Waals surface area (Å²) in [4.78, 5) is 15.4. The number of thioether (sulfide) groups is 1. The molecule has 2 atom stereocenters. The summed E-state index contributed by atoms with van der Waals surface area (Å²) in [5.74, 6) is 1.32. The van der Waals surface area contributed by atoms with Gasteiger partial charge in [-0.25, -0.2) is 4.39 Å². The van der Waals surface area contributed by atoms with Crippen molar-refractivity contribution in [1.29, 1.82) is 0 Å². The smallest absolute Gasteiger partial charge is 0.226 e. The molecule has 0 aliphatic carbocycles. The number of likely N-dealkylation sites (tertiary alicyclic amines) is 1. The topological polar surface area (TPSA) is 32.3 Å². The molecule has 2 rings (SSSR count). The zero-order valence-corrected chi connectivity index (χ0v) is 14.7. The van der Waals surface area contributed by atoms with Gasteiger partial charge in [0.05, 0.1) is 0 Å². The van der Waals surface area contributed by atoms with Crippen LogP contribution in [0.1, 0.15) is 13.3 Å². The number of rotatable bonds is 6. The highest BCUT2D eigenvalue weighted by Gasteiger charge is 2.28. The molecular formula is C16H24ClFN2OS. The molecule has 1 amide bonds. The van der Waals surface area contributed by atoms with Crippen molar-refractivity contribution in [3.63, 3.8) is 0 Å². The van der Waals surface area contributed by atoms with Crippen LogP contribution in [0, 0.1) is 17.7 Å². The Balaban J connectivity index is 0.00000242. The first-order valence-corrected chi connectivity index (χ1v) is 8.40. The Morgan fingerprint density at radius 1 is 1.45 bits per heavy atom. The number of nitrogens with one attached hydrogen (secondary N) is 1. The van der Waals surface area contributed by atoms with E-state index >= 15 is 0 Å². The van der Waals surface area contributed by atoms with E-state index in [1.54, 1.807) is 23.9 Å². The Hall–Kier alpha value is -0.780. The Bertz CT molecular complexity index is 472. The number of amides is 1. The van der Waals surface area contributed by atoms with Gasteiger partial charge in [-0.15, -0.1) is 24.2 Å². The molecule has 1 N–H and O–H groups in total. The first-order chi connectivity index (χ1) is 10.1. The van der Waals surface area contributed by atoms with E-state index in [1.807, 2.05) is 18.9 Å². The van der Waals surface area contributed by atoms with Gasteiger partial charge in [0.25, 0.3) is 0 Å². The Labute approximate surface area is 142 Å². The fraction of sp³-hybridized carbons (Fsp3) is 0.562. The lowest BCUT2D eigenvalue weighted by Gasteiger charge is -2.21. The van der Waals surface area contributed by atoms with E-state index in [2.05, 4.69) is 5.32 Å². The predicted octanol–water partition coefficient (Wildman–Crippen LogP) is 3.04. The molecule has 1 saturated heterocycles. The molecule has 1 aromatic rings. The minimum absolute atomic E-state index is 0. The Morgan fingerprint density at radius 2 is 2.14 bits per heavy atom. The molecule has 2 unspecified atom stereocenters. The molecule has 0 saturated carbocycles. The monoisotopic (exact) mass is 346 g/mol. The lowest BCUT2D eigenvalue weighted by Crippen LogP contribution is -2.35. The summed E-state index contributed by atoms with van der Waals surface area (Å²) < 4.78 is 12.8. The van der Waals surface area contributed by atoms with Crippen LogP contribution < -0.4 is 5.32 Å². The summed E-state index contributed by atoms with van der Waals surface area (Å²) in [6, 6.07) is 6.43. The maximum absolute atomic E-state index is 12.8. The van der Waals surface area contributed by atoms with Gasteiger partial charge in [-0.05, 0) is 50.2 Å². The van der Waals surface area contributed by atoms with Crippen LogP contribution in [0.5, 0.6) is 0 Å². The van der Waals surface area contributed by atoms with Gasteiger partial charge in [0.1, 0.15) is 5.82 Å².